The number of carbonyl (C=O) groups excluding carboxylic acids is 1. The Kier molecular flexibility index (Phi) is 4.52. The summed E-state index contributed by atoms with van der Waals surface area (Å²) in [6, 6.07) is 3.28. The Morgan fingerprint density at radius 2 is 2.31 bits per heavy atom. The molecule has 1 aromatic carbocycles. The zero-order chi connectivity index (χ0) is 12.1. The number of nitrogens with zero attached hydrogens (tertiary/aromatic N) is 1. The summed E-state index contributed by atoms with van der Waals surface area (Å²) >= 11 is 5.73. The molecular formula is C10H12ClFN2O2. The van der Waals surface area contributed by atoms with E-state index in [0.717, 1.165) is 6.07 Å². The third kappa shape index (κ3) is 3.36. The smallest absolute Gasteiger partial charge is 0.321 e. The first-order valence-corrected chi connectivity index (χ1v) is 5.00. The van der Waals surface area contributed by atoms with Crippen molar-refractivity contribution in [3.63, 3.8) is 0 Å². The molecule has 0 saturated heterocycles. The molecule has 88 valence electrons. The Morgan fingerprint density at radius 1 is 1.62 bits per heavy atom. The summed E-state index contributed by atoms with van der Waals surface area (Å²) in [6.07, 6.45) is 0. The summed E-state index contributed by atoms with van der Waals surface area (Å²) in [5.41, 5.74) is 0.331. The maximum atomic E-state index is 12.7. The van der Waals surface area contributed by atoms with Gasteiger partial charge < -0.3 is 15.3 Å². The molecule has 16 heavy (non-hydrogen) atoms. The molecule has 0 fully saturated rings. The van der Waals surface area contributed by atoms with E-state index >= 15 is 0 Å². The number of amides is 2. The molecule has 0 radical (unpaired) electrons. The van der Waals surface area contributed by atoms with Gasteiger partial charge in [-0.2, -0.15) is 0 Å². The zero-order valence-electron chi connectivity index (χ0n) is 8.70. The van der Waals surface area contributed by atoms with E-state index < -0.39 is 11.8 Å². The number of aliphatic hydroxyl groups excluding tert-OH is 1. The highest BCUT2D eigenvalue weighted by atomic mass is 35.5. The predicted molar refractivity (Wildman–Crippen MR) is 60.1 cm³/mol. The number of halogens is 2. The van der Waals surface area contributed by atoms with Crippen LogP contribution in [0, 0.1) is 5.82 Å². The predicted octanol–water partition coefficient (Wildman–Crippen LogP) is 1.94. The van der Waals surface area contributed by atoms with Crippen LogP contribution in [-0.2, 0) is 0 Å². The summed E-state index contributed by atoms with van der Waals surface area (Å²) in [4.78, 5) is 12.8. The van der Waals surface area contributed by atoms with Crippen LogP contribution < -0.4 is 5.32 Å². The van der Waals surface area contributed by atoms with Crippen molar-refractivity contribution in [1.82, 2.24) is 4.90 Å². The molecule has 0 saturated carbocycles. The second kappa shape index (κ2) is 5.67. The second-order valence-electron chi connectivity index (χ2n) is 3.20. The summed E-state index contributed by atoms with van der Waals surface area (Å²) in [7, 11) is 1.53. The fraction of sp³-hybridized carbons (Fsp3) is 0.300. The van der Waals surface area contributed by atoms with Crippen LogP contribution in [0.5, 0.6) is 0 Å². The molecule has 2 N–H and O–H groups in total. The fourth-order valence-electron chi connectivity index (χ4n) is 1.05. The number of hydrogen-bond acceptors (Lipinski definition) is 2. The molecule has 0 aliphatic carbocycles. The molecule has 0 unspecified atom stereocenters. The highest BCUT2D eigenvalue weighted by molar-refractivity contribution is 6.33. The zero-order valence-corrected chi connectivity index (χ0v) is 9.46. The fourth-order valence-corrected chi connectivity index (χ4v) is 1.27. The molecule has 0 heterocycles. The normalized spacial score (nSPS) is 10.0. The van der Waals surface area contributed by atoms with E-state index in [1.54, 1.807) is 0 Å². The first-order valence-electron chi connectivity index (χ1n) is 4.62. The number of nitrogens with one attached hydrogen (secondary N) is 1. The minimum absolute atomic E-state index is 0.124. The number of aliphatic hydroxyl groups is 1. The summed E-state index contributed by atoms with van der Waals surface area (Å²) in [5.74, 6) is -0.466. The van der Waals surface area contributed by atoms with Crippen LogP contribution in [0.1, 0.15) is 0 Å². The van der Waals surface area contributed by atoms with Crippen LogP contribution in [0.25, 0.3) is 0 Å². The Balaban J connectivity index is 2.69. The maximum absolute atomic E-state index is 12.7. The van der Waals surface area contributed by atoms with Crippen molar-refractivity contribution in [3.05, 3.63) is 29.0 Å². The monoisotopic (exact) mass is 246 g/mol. The Hall–Kier alpha value is -1.33. The molecule has 6 heteroatoms. The first kappa shape index (κ1) is 12.7. The van der Waals surface area contributed by atoms with E-state index in [1.807, 2.05) is 0 Å². The van der Waals surface area contributed by atoms with Gasteiger partial charge in [-0.05, 0) is 18.2 Å². The van der Waals surface area contributed by atoms with Gasteiger partial charge in [-0.3, -0.25) is 0 Å². The quantitative estimate of drug-likeness (QED) is 0.856. The van der Waals surface area contributed by atoms with E-state index in [-0.39, 0.29) is 18.2 Å². The third-order valence-electron chi connectivity index (χ3n) is 1.95. The second-order valence-corrected chi connectivity index (χ2v) is 3.61. The van der Waals surface area contributed by atoms with E-state index in [9.17, 15) is 9.18 Å². The van der Waals surface area contributed by atoms with Gasteiger partial charge in [0, 0.05) is 13.6 Å². The van der Waals surface area contributed by atoms with Crippen LogP contribution in [0.3, 0.4) is 0 Å². The average molecular weight is 247 g/mol. The van der Waals surface area contributed by atoms with Gasteiger partial charge in [-0.15, -0.1) is 0 Å². The SMILES string of the molecule is CN(CCO)C(=O)Nc1ccc(F)cc1Cl. The standard InChI is InChI=1S/C10H12ClFN2O2/c1-14(4-5-15)10(16)13-9-3-2-7(12)6-8(9)11/h2-3,6,15H,4-5H2,1H3,(H,13,16). The number of hydrogen-bond donors (Lipinski definition) is 2. The van der Waals surface area contributed by atoms with Crippen molar-refractivity contribution in [1.29, 1.82) is 0 Å². The van der Waals surface area contributed by atoms with Crippen molar-refractivity contribution >= 4 is 23.3 Å². The lowest BCUT2D eigenvalue weighted by Gasteiger charge is -2.17. The molecule has 1 rings (SSSR count). The number of likely N-dealkylation sites (N-methyl/N-ethyl adjacent to an activating group) is 1. The van der Waals surface area contributed by atoms with Gasteiger partial charge >= 0.3 is 6.03 Å². The van der Waals surface area contributed by atoms with Gasteiger partial charge in [-0.25, -0.2) is 9.18 Å². The summed E-state index contributed by atoms with van der Waals surface area (Å²) < 4.78 is 12.7. The van der Waals surface area contributed by atoms with Gasteiger partial charge in [-0.1, -0.05) is 11.6 Å². The molecule has 2 amide bonds. The van der Waals surface area contributed by atoms with Crippen LogP contribution in [0.15, 0.2) is 18.2 Å². The molecule has 0 aliphatic rings. The van der Waals surface area contributed by atoms with Gasteiger partial charge in [0.25, 0.3) is 0 Å². The molecule has 1 aromatic rings. The van der Waals surface area contributed by atoms with E-state index in [1.165, 1.54) is 24.1 Å². The number of urea groups is 1. The van der Waals surface area contributed by atoms with Gasteiger partial charge in [0.1, 0.15) is 5.82 Å². The molecule has 4 nitrogen and oxygen atoms in total. The number of rotatable bonds is 3. The Bertz CT molecular complexity index is 387. The van der Waals surface area contributed by atoms with Gasteiger partial charge in [0.15, 0.2) is 0 Å². The first-order chi connectivity index (χ1) is 7.54. The minimum Gasteiger partial charge on any atom is -0.395 e. The minimum atomic E-state index is -0.466. The lowest BCUT2D eigenvalue weighted by molar-refractivity contribution is 0.202. The molecule has 0 aromatic heterocycles. The van der Waals surface area contributed by atoms with Crippen molar-refractivity contribution in [2.45, 2.75) is 0 Å². The van der Waals surface area contributed by atoms with Gasteiger partial charge in [0.2, 0.25) is 0 Å². The molecule has 0 bridgehead atoms. The third-order valence-corrected chi connectivity index (χ3v) is 2.27. The van der Waals surface area contributed by atoms with E-state index in [2.05, 4.69) is 5.32 Å². The van der Waals surface area contributed by atoms with Crippen LogP contribution >= 0.6 is 11.6 Å². The van der Waals surface area contributed by atoms with Crippen molar-refractivity contribution in [3.8, 4) is 0 Å². The molecule has 0 aliphatic heterocycles. The Morgan fingerprint density at radius 3 is 2.88 bits per heavy atom. The maximum Gasteiger partial charge on any atom is 0.321 e. The lowest BCUT2D eigenvalue weighted by atomic mass is 10.3. The van der Waals surface area contributed by atoms with E-state index in [4.69, 9.17) is 16.7 Å². The molecular weight excluding hydrogens is 235 g/mol. The average Bonchev–Trinajstić information content (AvgIpc) is 2.22. The largest absolute Gasteiger partial charge is 0.395 e. The van der Waals surface area contributed by atoms with Crippen LogP contribution in [0.2, 0.25) is 5.02 Å². The number of anilines is 1. The summed E-state index contributed by atoms with van der Waals surface area (Å²) in [5, 5.41) is 11.3. The van der Waals surface area contributed by atoms with Crippen molar-refractivity contribution in [2.24, 2.45) is 0 Å². The number of carbonyl (C=O) groups is 1. The van der Waals surface area contributed by atoms with E-state index in [0.29, 0.717) is 5.69 Å². The van der Waals surface area contributed by atoms with Crippen LogP contribution in [-0.4, -0.2) is 36.2 Å². The van der Waals surface area contributed by atoms with Crippen molar-refractivity contribution < 1.29 is 14.3 Å². The Labute approximate surface area is 97.6 Å². The highest BCUT2D eigenvalue weighted by Crippen LogP contribution is 2.22. The molecule has 0 atom stereocenters. The van der Waals surface area contributed by atoms with Gasteiger partial charge in [0.05, 0.1) is 17.3 Å². The molecule has 0 spiro atoms. The van der Waals surface area contributed by atoms with Crippen molar-refractivity contribution in [2.75, 3.05) is 25.5 Å². The van der Waals surface area contributed by atoms with Crippen LogP contribution in [0.4, 0.5) is 14.9 Å². The highest BCUT2D eigenvalue weighted by Gasteiger charge is 2.10. The number of benzene rings is 1. The lowest BCUT2D eigenvalue weighted by Crippen LogP contribution is -2.33. The topological polar surface area (TPSA) is 52.6 Å². The summed E-state index contributed by atoms with van der Waals surface area (Å²) in [6.45, 7) is 0.0890.